The van der Waals surface area contributed by atoms with Crippen LogP contribution in [0.5, 0.6) is 0 Å². The van der Waals surface area contributed by atoms with Gasteiger partial charge in [-0.15, -0.1) is 11.3 Å². The number of hydrogen-bond acceptors (Lipinski definition) is 3. The van der Waals surface area contributed by atoms with Crippen molar-refractivity contribution in [3.63, 3.8) is 0 Å². The maximum atomic E-state index is 4.12. The molecule has 2 aromatic carbocycles. The third-order valence-electron chi connectivity index (χ3n) is 3.23. The summed E-state index contributed by atoms with van der Waals surface area (Å²) in [6.45, 7) is 0.832. The van der Waals surface area contributed by atoms with Crippen molar-refractivity contribution in [2.45, 2.75) is 12.6 Å². The monoisotopic (exact) mass is 280 g/mol. The van der Waals surface area contributed by atoms with Crippen LogP contribution in [0.3, 0.4) is 0 Å². The second-order valence-electron chi connectivity index (χ2n) is 4.60. The Morgan fingerprint density at radius 1 is 0.900 bits per heavy atom. The quantitative estimate of drug-likeness (QED) is 0.763. The van der Waals surface area contributed by atoms with Crippen LogP contribution in [0.4, 0.5) is 0 Å². The fourth-order valence-corrected chi connectivity index (χ4v) is 2.80. The highest BCUT2D eigenvalue weighted by molar-refractivity contribution is 7.09. The van der Waals surface area contributed by atoms with Gasteiger partial charge in [0.1, 0.15) is 0 Å². The summed E-state index contributed by atoms with van der Waals surface area (Å²) >= 11 is 1.68. The minimum absolute atomic E-state index is 0.208. The first-order valence-electron chi connectivity index (χ1n) is 6.64. The number of hydrogen-bond donors (Lipinski definition) is 1. The van der Waals surface area contributed by atoms with Crippen LogP contribution < -0.4 is 5.32 Å². The molecule has 0 radical (unpaired) electrons. The van der Waals surface area contributed by atoms with Gasteiger partial charge in [0.25, 0.3) is 0 Å². The van der Waals surface area contributed by atoms with Crippen molar-refractivity contribution >= 4 is 11.3 Å². The first-order valence-corrected chi connectivity index (χ1v) is 7.52. The van der Waals surface area contributed by atoms with E-state index in [4.69, 9.17) is 0 Å². The van der Waals surface area contributed by atoms with E-state index < -0.39 is 0 Å². The van der Waals surface area contributed by atoms with E-state index in [1.54, 1.807) is 11.3 Å². The molecule has 3 heteroatoms. The number of aromatic nitrogens is 1. The van der Waals surface area contributed by atoms with Gasteiger partial charge in [-0.3, -0.25) is 4.98 Å². The highest BCUT2D eigenvalue weighted by atomic mass is 32.1. The molecule has 0 atom stereocenters. The van der Waals surface area contributed by atoms with Crippen molar-refractivity contribution in [1.29, 1.82) is 0 Å². The van der Waals surface area contributed by atoms with E-state index in [9.17, 15) is 0 Å². The van der Waals surface area contributed by atoms with Gasteiger partial charge in [0.2, 0.25) is 0 Å². The zero-order valence-corrected chi connectivity index (χ0v) is 11.9. The molecule has 0 aliphatic rings. The van der Waals surface area contributed by atoms with Crippen molar-refractivity contribution in [3.05, 3.63) is 88.4 Å². The van der Waals surface area contributed by atoms with Gasteiger partial charge < -0.3 is 5.32 Å². The number of nitrogens with one attached hydrogen (secondary N) is 1. The second kappa shape index (κ2) is 6.46. The van der Waals surface area contributed by atoms with Gasteiger partial charge in [0.15, 0.2) is 0 Å². The van der Waals surface area contributed by atoms with E-state index >= 15 is 0 Å². The average Bonchev–Trinajstić information content (AvgIpc) is 3.03. The molecule has 0 bridgehead atoms. The molecule has 2 nitrogen and oxygen atoms in total. The van der Waals surface area contributed by atoms with Crippen molar-refractivity contribution in [3.8, 4) is 0 Å². The Hall–Kier alpha value is -1.97. The Balaban J connectivity index is 1.84. The molecule has 0 amide bonds. The summed E-state index contributed by atoms with van der Waals surface area (Å²) in [7, 11) is 0. The van der Waals surface area contributed by atoms with Crippen LogP contribution >= 0.6 is 11.3 Å². The molecule has 3 aromatic rings. The van der Waals surface area contributed by atoms with Crippen LogP contribution in [-0.4, -0.2) is 4.98 Å². The standard InChI is InChI=1S/C17H16N2S/c1-3-7-14(8-4-1)17(15-9-5-2-6-10-15)19-12-16-11-18-13-20-16/h1-11,13,17,19H,12H2. The molecule has 1 aromatic heterocycles. The lowest BCUT2D eigenvalue weighted by Crippen LogP contribution is -2.21. The van der Waals surface area contributed by atoms with E-state index in [1.807, 2.05) is 11.7 Å². The Morgan fingerprint density at radius 3 is 2.00 bits per heavy atom. The van der Waals surface area contributed by atoms with Crippen LogP contribution in [0, 0.1) is 0 Å². The van der Waals surface area contributed by atoms with Crippen molar-refractivity contribution < 1.29 is 0 Å². The summed E-state index contributed by atoms with van der Waals surface area (Å²) in [5, 5.41) is 3.63. The third kappa shape index (κ3) is 3.13. The Labute approximate surface area is 123 Å². The summed E-state index contributed by atoms with van der Waals surface area (Å²) in [5.74, 6) is 0. The molecule has 0 aliphatic heterocycles. The SMILES string of the molecule is c1ccc(C(NCc2cncs2)c2ccccc2)cc1. The molecule has 100 valence electrons. The molecule has 0 spiro atoms. The molecule has 0 unspecified atom stereocenters. The number of rotatable bonds is 5. The molecule has 0 saturated carbocycles. The van der Waals surface area contributed by atoms with E-state index in [0.717, 1.165) is 6.54 Å². The van der Waals surface area contributed by atoms with Crippen LogP contribution in [0.15, 0.2) is 72.4 Å². The minimum Gasteiger partial charge on any atom is -0.301 e. The number of thiazole rings is 1. The van der Waals surface area contributed by atoms with E-state index in [0.29, 0.717) is 0 Å². The van der Waals surface area contributed by atoms with Gasteiger partial charge >= 0.3 is 0 Å². The summed E-state index contributed by atoms with van der Waals surface area (Å²) in [4.78, 5) is 5.38. The first kappa shape index (κ1) is 13.0. The van der Waals surface area contributed by atoms with Crippen LogP contribution in [0.2, 0.25) is 0 Å². The van der Waals surface area contributed by atoms with Gasteiger partial charge in [-0.05, 0) is 11.1 Å². The summed E-state index contributed by atoms with van der Waals surface area (Å²) < 4.78 is 0. The molecular weight excluding hydrogens is 264 g/mol. The Bertz CT molecular complexity index is 581. The molecule has 20 heavy (non-hydrogen) atoms. The fourth-order valence-electron chi connectivity index (χ4n) is 2.25. The summed E-state index contributed by atoms with van der Waals surface area (Å²) in [5.41, 5.74) is 4.43. The van der Waals surface area contributed by atoms with Gasteiger partial charge in [0, 0.05) is 17.6 Å². The minimum atomic E-state index is 0.208. The van der Waals surface area contributed by atoms with Crippen LogP contribution in [0.1, 0.15) is 22.0 Å². The normalized spacial score (nSPS) is 10.8. The van der Waals surface area contributed by atoms with Gasteiger partial charge in [0.05, 0.1) is 11.6 Å². The van der Waals surface area contributed by atoms with E-state index in [1.165, 1.54) is 16.0 Å². The van der Waals surface area contributed by atoms with Crippen LogP contribution in [-0.2, 0) is 6.54 Å². The van der Waals surface area contributed by atoms with Crippen molar-refractivity contribution in [1.82, 2.24) is 10.3 Å². The molecular formula is C17H16N2S. The largest absolute Gasteiger partial charge is 0.301 e. The molecule has 0 aliphatic carbocycles. The summed E-state index contributed by atoms with van der Waals surface area (Å²) in [6.07, 6.45) is 1.92. The Kier molecular flexibility index (Phi) is 4.21. The smallest absolute Gasteiger partial charge is 0.0794 e. The van der Waals surface area contributed by atoms with Crippen molar-refractivity contribution in [2.24, 2.45) is 0 Å². The Morgan fingerprint density at radius 2 is 1.50 bits per heavy atom. The lowest BCUT2D eigenvalue weighted by Gasteiger charge is -2.19. The lowest BCUT2D eigenvalue weighted by molar-refractivity contribution is 0.609. The molecule has 0 saturated heterocycles. The molecule has 1 heterocycles. The highest BCUT2D eigenvalue weighted by Crippen LogP contribution is 2.22. The average molecular weight is 280 g/mol. The number of benzene rings is 2. The fraction of sp³-hybridized carbons (Fsp3) is 0.118. The van der Waals surface area contributed by atoms with Gasteiger partial charge in [-0.25, -0.2) is 0 Å². The van der Waals surface area contributed by atoms with Gasteiger partial charge in [-0.1, -0.05) is 60.7 Å². The number of nitrogens with zero attached hydrogens (tertiary/aromatic N) is 1. The lowest BCUT2D eigenvalue weighted by atomic mass is 9.99. The van der Waals surface area contributed by atoms with Crippen LogP contribution in [0.25, 0.3) is 0 Å². The predicted molar refractivity (Wildman–Crippen MR) is 83.7 cm³/mol. The maximum absolute atomic E-state index is 4.12. The van der Waals surface area contributed by atoms with Gasteiger partial charge in [-0.2, -0.15) is 0 Å². The summed E-state index contributed by atoms with van der Waals surface area (Å²) in [6, 6.07) is 21.3. The third-order valence-corrected chi connectivity index (χ3v) is 4.01. The molecule has 0 fully saturated rings. The molecule has 1 N–H and O–H groups in total. The first-order chi connectivity index (χ1) is 9.93. The maximum Gasteiger partial charge on any atom is 0.0794 e. The zero-order valence-electron chi connectivity index (χ0n) is 11.1. The highest BCUT2D eigenvalue weighted by Gasteiger charge is 2.13. The van der Waals surface area contributed by atoms with E-state index in [-0.39, 0.29) is 6.04 Å². The van der Waals surface area contributed by atoms with E-state index in [2.05, 4.69) is 71.0 Å². The second-order valence-corrected chi connectivity index (χ2v) is 5.57. The predicted octanol–water partition coefficient (Wildman–Crippen LogP) is 4.02. The van der Waals surface area contributed by atoms with Crippen molar-refractivity contribution in [2.75, 3.05) is 0 Å². The molecule has 3 rings (SSSR count). The topological polar surface area (TPSA) is 24.9 Å². The zero-order chi connectivity index (χ0) is 13.6.